The molecule has 3 amide bonds. The van der Waals surface area contributed by atoms with E-state index in [1.165, 1.54) is 23.1 Å². The van der Waals surface area contributed by atoms with Crippen molar-refractivity contribution in [3.63, 3.8) is 0 Å². The molecule has 0 spiro atoms. The SMILES string of the molecule is CN(Cc1cnn(-c2ccccc2)c1)C(=O)CNC(=O)CNC(=O)c1ccc(Cl)cc1Cl. The van der Waals surface area contributed by atoms with Crippen LogP contribution in [0.3, 0.4) is 0 Å². The summed E-state index contributed by atoms with van der Waals surface area (Å²) in [6.07, 6.45) is 3.53. The Hall–Kier alpha value is -3.36. The van der Waals surface area contributed by atoms with Gasteiger partial charge >= 0.3 is 0 Å². The van der Waals surface area contributed by atoms with Crippen molar-refractivity contribution in [2.45, 2.75) is 6.54 Å². The van der Waals surface area contributed by atoms with Crippen LogP contribution in [0.4, 0.5) is 0 Å². The third-order valence-corrected chi connectivity index (χ3v) is 5.07. The van der Waals surface area contributed by atoms with E-state index in [1.807, 2.05) is 36.5 Å². The molecule has 0 fully saturated rings. The molecule has 0 bridgehead atoms. The standard InChI is InChI=1S/C22H21Cl2N5O3/c1-28(13-15-10-27-29(14-15)17-5-3-2-4-6-17)21(31)12-25-20(30)11-26-22(32)18-8-7-16(23)9-19(18)24/h2-10,14H,11-13H2,1H3,(H,25,30)(H,26,32). The van der Waals surface area contributed by atoms with Gasteiger partial charge in [0.15, 0.2) is 0 Å². The fourth-order valence-corrected chi connectivity index (χ4v) is 3.32. The van der Waals surface area contributed by atoms with E-state index in [-0.39, 0.29) is 29.6 Å². The van der Waals surface area contributed by atoms with Crippen molar-refractivity contribution in [2.75, 3.05) is 20.1 Å². The molecule has 0 aliphatic rings. The third kappa shape index (κ3) is 6.32. The van der Waals surface area contributed by atoms with Crippen LogP contribution in [0.2, 0.25) is 10.0 Å². The first-order valence-electron chi connectivity index (χ1n) is 9.66. The van der Waals surface area contributed by atoms with Crippen molar-refractivity contribution in [2.24, 2.45) is 0 Å². The summed E-state index contributed by atoms with van der Waals surface area (Å²) in [6, 6.07) is 14.1. The number of carbonyl (C=O) groups excluding carboxylic acids is 3. The molecule has 3 rings (SSSR count). The van der Waals surface area contributed by atoms with Gasteiger partial charge in [-0.05, 0) is 30.3 Å². The minimum absolute atomic E-state index is 0.183. The summed E-state index contributed by atoms with van der Waals surface area (Å²) in [5, 5.41) is 9.83. The summed E-state index contributed by atoms with van der Waals surface area (Å²) in [5.74, 6) is -1.29. The first-order valence-corrected chi connectivity index (χ1v) is 10.4. The van der Waals surface area contributed by atoms with E-state index in [4.69, 9.17) is 23.2 Å². The number of rotatable bonds is 8. The highest BCUT2D eigenvalue weighted by atomic mass is 35.5. The molecule has 0 aliphatic heterocycles. The van der Waals surface area contributed by atoms with Crippen LogP contribution in [0, 0.1) is 0 Å². The molecule has 32 heavy (non-hydrogen) atoms. The summed E-state index contributed by atoms with van der Waals surface area (Å²) < 4.78 is 1.73. The average Bonchev–Trinajstić information content (AvgIpc) is 3.24. The summed E-state index contributed by atoms with van der Waals surface area (Å²) in [5.41, 5.74) is 1.97. The van der Waals surface area contributed by atoms with Crippen LogP contribution in [0.5, 0.6) is 0 Å². The second kappa shape index (κ2) is 10.8. The number of para-hydroxylation sites is 1. The van der Waals surface area contributed by atoms with Gasteiger partial charge in [-0.3, -0.25) is 14.4 Å². The van der Waals surface area contributed by atoms with Crippen molar-refractivity contribution < 1.29 is 14.4 Å². The zero-order valence-corrected chi connectivity index (χ0v) is 18.7. The smallest absolute Gasteiger partial charge is 0.253 e. The monoisotopic (exact) mass is 473 g/mol. The van der Waals surface area contributed by atoms with E-state index in [9.17, 15) is 14.4 Å². The van der Waals surface area contributed by atoms with Gasteiger partial charge in [0.25, 0.3) is 5.91 Å². The molecule has 0 unspecified atom stereocenters. The summed E-state index contributed by atoms with van der Waals surface area (Å²) in [4.78, 5) is 37.9. The van der Waals surface area contributed by atoms with E-state index in [0.717, 1.165) is 11.3 Å². The average molecular weight is 474 g/mol. The maximum Gasteiger partial charge on any atom is 0.253 e. The van der Waals surface area contributed by atoms with Crippen molar-refractivity contribution >= 4 is 40.9 Å². The van der Waals surface area contributed by atoms with Crippen molar-refractivity contribution in [3.05, 3.63) is 82.1 Å². The molecule has 10 heteroatoms. The zero-order valence-electron chi connectivity index (χ0n) is 17.2. The van der Waals surface area contributed by atoms with E-state index in [1.54, 1.807) is 17.9 Å². The Morgan fingerprint density at radius 1 is 1.03 bits per heavy atom. The lowest BCUT2D eigenvalue weighted by atomic mass is 10.2. The molecule has 3 aromatic rings. The molecule has 1 heterocycles. The highest BCUT2D eigenvalue weighted by Crippen LogP contribution is 2.20. The van der Waals surface area contributed by atoms with E-state index >= 15 is 0 Å². The number of nitrogens with one attached hydrogen (secondary N) is 2. The molecule has 166 valence electrons. The lowest BCUT2D eigenvalue weighted by molar-refractivity contribution is -0.132. The summed E-state index contributed by atoms with van der Waals surface area (Å²) in [6.45, 7) is -0.147. The lowest BCUT2D eigenvalue weighted by Crippen LogP contribution is -2.42. The molecule has 0 saturated heterocycles. The number of hydrogen-bond donors (Lipinski definition) is 2. The van der Waals surface area contributed by atoms with Gasteiger partial charge in [0.1, 0.15) is 0 Å². The molecule has 2 N–H and O–H groups in total. The topological polar surface area (TPSA) is 96.3 Å². The van der Waals surface area contributed by atoms with Crippen LogP contribution in [-0.2, 0) is 16.1 Å². The minimum Gasteiger partial charge on any atom is -0.345 e. The highest BCUT2D eigenvalue weighted by Gasteiger charge is 2.14. The molecular weight excluding hydrogens is 453 g/mol. The number of hydrogen-bond acceptors (Lipinski definition) is 4. The van der Waals surface area contributed by atoms with Crippen LogP contribution in [0.25, 0.3) is 5.69 Å². The van der Waals surface area contributed by atoms with Crippen LogP contribution in [-0.4, -0.2) is 52.5 Å². The maximum absolute atomic E-state index is 12.3. The summed E-state index contributed by atoms with van der Waals surface area (Å²) >= 11 is 11.8. The first kappa shape index (κ1) is 23.3. The van der Waals surface area contributed by atoms with Gasteiger partial charge in [0, 0.05) is 30.4 Å². The van der Waals surface area contributed by atoms with Gasteiger partial charge in [-0.1, -0.05) is 41.4 Å². The number of nitrogens with zero attached hydrogens (tertiary/aromatic N) is 3. The number of amides is 3. The Kier molecular flexibility index (Phi) is 7.86. The Morgan fingerprint density at radius 3 is 2.50 bits per heavy atom. The molecule has 0 atom stereocenters. The number of aromatic nitrogens is 2. The molecule has 8 nitrogen and oxygen atoms in total. The Balaban J connectivity index is 1.43. The lowest BCUT2D eigenvalue weighted by Gasteiger charge is -2.16. The molecular formula is C22H21Cl2N5O3. The van der Waals surface area contributed by atoms with Gasteiger partial charge in [-0.25, -0.2) is 4.68 Å². The predicted molar refractivity (Wildman–Crippen MR) is 122 cm³/mol. The van der Waals surface area contributed by atoms with Gasteiger partial charge < -0.3 is 15.5 Å². The van der Waals surface area contributed by atoms with E-state index in [2.05, 4.69) is 15.7 Å². The Bertz CT molecular complexity index is 1120. The van der Waals surface area contributed by atoms with Crippen LogP contribution in [0.1, 0.15) is 15.9 Å². The van der Waals surface area contributed by atoms with E-state index < -0.39 is 11.8 Å². The molecule has 0 radical (unpaired) electrons. The second-order valence-electron chi connectivity index (χ2n) is 6.96. The first-order chi connectivity index (χ1) is 15.3. The minimum atomic E-state index is -0.513. The Labute approximate surface area is 195 Å². The van der Waals surface area contributed by atoms with Gasteiger partial charge in [0.05, 0.1) is 35.6 Å². The Morgan fingerprint density at radius 2 is 1.78 bits per heavy atom. The third-order valence-electron chi connectivity index (χ3n) is 4.52. The van der Waals surface area contributed by atoms with Crippen molar-refractivity contribution in [1.29, 1.82) is 0 Å². The summed E-state index contributed by atoms with van der Waals surface area (Å²) in [7, 11) is 1.64. The zero-order chi connectivity index (χ0) is 23.1. The van der Waals surface area contributed by atoms with Crippen LogP contribution < -0.4 is 10.6 Å². The fourth-order valence-electron chi connectivity index (χ4n) is 2.83. The van der Waals surface area contributed by atoms with Crippen LogP contribution >= 0.6 is 23.2 Å². The molecule has 0 saturated carbocycles. The van der Waals surface area contributed by atoms with Crippen molar-refractivity contribution in [3.8, 4) is 5.69 Å². The molecule has 0 aliphatic carbocycles. The molecule has 2 aromatic carbocycles. The predicted octanol–water partition coefficient (Wildman–Crippen LogP) is 2.68. The van der Waals surface area contributed by atoms with Gasteiger partial charge in [-0.2, -0.15) is 5.10 Å². The van der Waals surface area contributed by atoms with Gasteiger partial charge in [0.2, 0.25) is 11.8 Å². The fraction of sp³-hybridized carbons (Fsp3) is 0.182. The van der Waals surface area contributed by atoms with Crippen LogP contribution in [0.15, 0.2) is 60.9 Å². The quantitative estimate of drug-likeness (QED) is 0.525. The van der Waals surface area contributed by atoms with E-state index in [0.29, 0.717) is 11.6 Å². The van der Waals surface area contributed by atoms with Gasteiger partial charge in [-0.15, -0.1) is 0 Å². The number of halogens is 2. The largest absolute Gasteiger partial charge is 0.345 e. The second-order valence-corrected chi connectivity index (χ2v) is 7.81. The number of benzene rings is 2. The number of likely N-dealkylation sites (N-methyl/N-ethyl adjacent to an activating group) is 1. The number of carbonyl (C=O) groups is 3. The van der Waals surface area contributed by atoms with Crippen molar-refractivity contribution in [1.82, 2.24) is 25.3 Å². The molecule has 1 aromatic heterocycles. The highest BCUT2D eigenvalue weighted by molar-refractivity contribution is 6.36. The normalized spacial score (nSPS) is 10.5. The maximum atomic E-state index is 12.3.